The molecule has 0 saturated heterocycles. The molecule has 1 aromatic rings. The quantitative estimate of drug-likeness (QED) is 0.733. The number of nitrogens with zero attached hydrogens (tertiary/aromatic N) is 1. The maximum atomic E-state index is 12.7. The number of rotatable bonds is 0. The van der Waals surface area contributed by atoms with Crippen LogP contribution in [0.4, 0.5) is 13.2 Å². The first kappa shape index (κ1) is 12.0. The highest BCUT2D eigenvalue weighted by Crippen LogP contribution is 2.41. The van der Waals surface area contributed by atoms with E-state index in [1.54, 1.807) is 0 Å². The van der Waals surface area contributed by atoms with Crippen LogP contribution in [-0.4, -0.2) is 11.5 Å². The van der Waals surface area contributed by atoms with Crippen molar-refractivity contribution in [2.45, 2.75) is 19.1 Å². The smallest absolute Gasteiger partial charge is 0.312 e. The summed E-state index contributed by atoms with van der Waals surface area (Å²) in [4.78, 5) is 3.76. The second-order valence-electron chi connectivity index (χ2n) is 3.44. The lowest BCUT2D eigenvalue weighted by molar-refractivity contribution is -0.137. The van der Waals surface area contributed by atoms with Crippen LogP contribution in [0.5, 0.6) is 0 Å². The van der Waals surface area contributed by atoms with Crippen LogP contribution < -0.4 is 5.32 Å². The van der Waals surface area contributed by atoms with Gasteiger partial charge in [-0.1, -0.05) is 23.2 Å². The molecule has 0 radical (unpaired) electrons. The molecule has 0 fully saturated rings. The van der Waals surface area contributed by atoms with Gasteiger partial charge >= 0.3 is 6.18 Å². The largest absolute Gasteiger partial charge is 0.420 e. The van der Waals surface area contributed by atoms with Gasteiger partial charge in [0.25, 0.3) is 0 Å². The third kappa shape index (κ3) is 1.99. The van der Waals surface area contributed by atoms with Gasteiger partial charge in [-0.3, -0.25) is 0 Å². The summed E-state index contributed by atoms with van der Waals surface area (Å²) in [6.07, 6.45) is -4.04. The molecule has 2 heterocycles. The maximum Gasteiger partial charge on any atom is 0.420 e. The summed E-state index contributed by atoms with van der Waals surface area (Å²) in [5.41, 5.74) is -0.107. The number of hydrogen-bond donors (Lipinski definition) is 1. The first-order valence-electron chi connectivity index (χ1n) is 4.56. The molecule has 7 heteroatoms. The normalized spacial score (nSPS) is 16.1. The summed E-state index contributed by atoms with van der Waals surface area (Å²) in [7, 11) is 0. The Morgan fingerprint density at radius 3 is 2.56 bits per heavy atom. The number of fused-ring (bicyclic) bond motifs is 1. The van der Waals surface area contributed by atoms with Gasteiger partial charge < -0.3 is 5.32 Å². The lowest BCUT2D eigenvalue weighted by atomic mass is 10.0. The fourth-order valence-corrected chi connectivity index (χ4v) is 2.38. The monoisotopic (exact) mass is 270 g/mol. The molecule has 0 aromatic carbocycles. The summed E-state index contributed by atoms with van der Waals surface area (Å²) in [5.74, 6) is 0. The summed E-state index contributed by atoms with van der Waals surface area (Å²) in [5, 5.41) is 2.04. The first-order chi connectivity index (χ1) is 7.41. The topological polar surface area (TPSA) is 24.9 Å². The van der Waals surface area contributed by atoms with Crippen LogP contribution in [0.2, 0.25) is 10.2 Å². The molecule has 1 aromatic heterocycles. The Kier molecular flexibility index (Phi) is 3.03. The van der Waals surface area contributed by atoms with Crippen molar-refractivity contribution in [2.75, 3.05) is 6.54 Å². The van der Waals surface area contributed by atoms with Crippen molar-refractivity contribution in [3.8, 4) is 0 Å². The molecule has 0 spiro atoms. The van der Waals surface area contributed by atoms with Crippen LogP contribution in [0.1, 0.15) is 16.8 Å². The second kappa shape index (κ2) is 4.05. The molecule has 0 unspecified atom stereocenters. The van der Waals surface area contributed by atoms with Crippen molar-refractivity contribution in [1.29, 1.82) is 0 Å². The van der Waals surface area contributed by atoms with E-state index >= 15 is 0 Å². The fraction of sp³-hybridized carbons (Fsp3) is 0.444. The van der Waals surface area contributed by atoms with Crippen molar-refractivity contribution in [3.63, 3.8) is 0 Å². The molecule has 2 rings (SSSR count). The van der Waals surface area contributed by atoms with Crippen molar-refractivity contribution in [3.05, 3.63) is 27.0 Å². The molecule has 88 valence electrons. The lowest BCUT2D eigenvalue weighted by Gasteiger charge is -2.21. The standard InChI is InChI=1S/C9H7Cl2F3N2/c10-7-4-3-15-2-1-5(4)16-8(11)6(7)9(12,13)14/h15H,1-3H2. The minimum Gasteiger partial charge on any atom is -0.312 e. The molecule has 1 aliphatic rings. The molecule has 0 amide bonds. The average Bonchev–Trinajstić information content (AvgIpc) is 2.15. The fourth-order valence-electron chi connectivity index (χ4n) is 1.66. The minimum absolute atomic E-state index is 0.293. The van der Waals surface area contributed by atoms with Gasteiger partial charge in [-0.15, -0.1) is 0 Å². The van der Waals surface area contributed by atoms with Crippen molar-refractivity contribution in [1.82, 2.24) is 10.3 Å². The summed E-state index contributed by atoms with van der Waals surface area (Å²) < 4.78 is 38.0. The van der Waals surface area contributed by atoms with Crippen LogP contribution in [0, 0.1) is 0 Å². The van der Waals surface area contributed by atoms with Crippen LogP contribution >= 0.6 is 23.2 Å². The molecule has 0 saturated carbocycles. The van der Waals surface area contributed by atoms with Gasteiger partial charge in [0.05, 0.1) is 5.02 Å². The molecule has 2 nitrogen and oxygen atoms in total. The summed E-state index contributed by atoms with van der Waals surface area (Å²) in [6.45, 7) is 0.958. The highest BCUT2D eigenvalue weighted by molar-refractivity contribution is 6.36. The van der Waals surface area contributed by atoms with Gasteiger partial charge in [0, 0.05) is 30.8 Å². The first-order valence-corrected chi connectivity index (χ1v) is 5.31. The van der Waals surface area contributed by atoms with Gasteiger partial charge in [-0.05, 0) is 0 Å². The van der Waals surface area contributed by atoms with Crippen molar-refractivity contribution < 1.29 is 13.2 Å². The molecule has 0 atom stereocenters. The Bertz CT molecular complexity index is 432. The number of aromatic nitrogens is 1. The summed E-state index contributed by atoms with van der Waals surface area (Å²) >= 11 is 11.2. The van der Waals surface area contributed by atoms with Gasteiger partial charge in [0.15, 0.2) is 0 Å². The SMILES string of the molecule is FC(F)(F)c1c(Cl)nc2c(c1Cl)CNCC2. The maximum absolute atomic E-state index is 12.7. The summed E-state index contributed by atoms with van der Waals surface area (Å²) in [6, 6.07) is 0. The third-order valence-electron chi connectivity index (χ3n) is 2.40. The number of pyridine rings is 1. The highest BCUT2D eigenvalue weighted by Gasteiger charge is 2.38. The van der Waals surface area contributed by atoms with E-state index in [9.17, 15) is 13.2 Å². The third-order valence-corrected chi connectivity index (χ3v) is 3.09. The molecule has 0 bridgehead atoms. The Morgan fingerprint density at radius 2 is 1.94 bits per heavy atom. The highest BCUT2D eigenvalue weighted by atomic mass is 35.5. The van der Waals surface area contributed by atoms with Crippen LogP contribution in [0.25, 0.3) is 0 Å². The van der Waals surface area contributed by atoms with Gasteiger partial charge in [-0.25, -0.2) is 4.98 Å². The molecule has 0 aliphatic carbocycles. The number of nitrogens with one attached hydrogen (secondary N) is 1. The van der Waals surface area contributed by atoms with Crippen molar-refractivity contribution in [2.24, 2.45) is 0 Å². The van der Waals surface area contributed by atoms with Gasteiger partial charge in [-0.2, -0.15) is 13.2 Å². The second-order valence-corrected chi connectivity index (χ2v) is 4.18. The van der Waals surface area contributed by atoms with E-state index in [1.165, 1.54) is 0 Å². The Labute approximate surface area is 99.8 Å². The zero-order valence-electron chi connectivity index (χ0n) is 7.96. The molecule has 16 heavy (non-hydrogen) atoms. The Hall–Kier alpha value is -0.520. The van der Waals surface area contributed by atoms with Crippen LogP contribution in [-0.2, 0) is 19.1 Å². The Morgan fingerprint density at radius 1 is 1.25 bits per heavy atom. The predicted octanol–water partition coefficient (Wildman–Crippen LogP) is 3.05. The predicted molar refractivity (Wildman–Crippen MR) is 54.7 cm³/mol. The minimum atomic E-state index is -4.58. The van der Waals surface area contributed by atoms with Gasteiger partial charge in [0.1, 0.15) is 10.7 Å². The van der Waals surface area contributed by atoms with Crippen LogP contribution in [0.15, 0.2) is 0 Å². The van der Waals surface area contributed by atoms with E-state index in [-0.39, 0.29) is 5.02 Å². The van der Waals surface area contributed by atoms with Crippen LogP contribution in [0.3, 0.4) is 0 Å². The average molecular weight is 271 g/mol. The van der Waals surface area contributed by atoms with E-state index in [1.807, 2.05) is 0 Å². The molecule has 1 N–H and O–H groups in total. The van der Waals surface area contributed by atoms with E-state index < -0.39 is 16.9 Å². The number of halogens is 5. The van der Waals surface area contributed by atoms with E-state index in [0.29, 0.717) is 30.8 Å². The van der Waals surface area contributed by atoms with Crippen molar-refractivity contribution >= 4 is 23.2 Å². The lowest BCUT2D eigenvalue weighted by Crippen LogP contribution is -2.26. The Balaban J connectivity index is 2.63. The van der Waals surface area contributed by atoms with Gasteiger partial charge in [0.2, 0.25) is 0 Å². The molecular weight excluding hydrogens is 264 g/mol. The number of alkyl halides is 3. The zero-order chi connectivity index (χ0) is 11.9. The molecule has 1 aliphatic heterocycles. The van der Waals surface area contributed by atoms with E-state index in [2.05, 4.69) is 10.3 Å². The number of hydrogen-bond acceptors (Lipinski definition) is 2. The zero-order valence-corrected chi connectivity index (χ0v) is 9.47. The van der Waals surface area contributed by atoms with E-state index in [4.69, 9.17) is 23.2 Å². The molecular formula is C9H7Cl2F3N2. The van der Waals surface area contributed by atoms with E-state index in [0.717, 1.165) is 0 Å².